The molecule has 0 saturated carbocycles. The van der Waals surface area contributed by atoms with Crippen LogP contribution in [0.15, 0.2) is 36.7 Å². The van der Waals surface area contributed by atoms with Crippen LogP contribution in [0, 0.1) is 0 Å². The molecule has 9 heteroatoms. The lowest BCUT2D eigenvalue weighted by Gasteiger charge is -2.35. The lowest BCUT2D eigenvalue weighted by Crippen LogP contribution is -2.52. The van der Waals surface area contributed by atoms with Crippen LogP contribution in [0.2, 0.25) is 0 Å². The molecule has 3 aromatic rings. The Hall–Kier alpha value is -2.91. The zero-order chi connectivity index (χ0) is 23.5. The molecule has 180 valence electrons. The van der Waals surface area contributed by atoms with E-state index in [1.54, 1.807) is 17.7 Å². The number of fused-ring (bicyclic) bond motifs is 1. The number of hydrogen-bond acceptors (Lipinski definition) is 7. The second kappa shape index (κ2) is 10.1. The van der Waals surface area contributed by atoms with Crippen LogP contribution in [0.5, 0.6) is 0 Å². The highest BCUT2D eigenvalue weighted by Crippen LogP contribution is 2.37. The van der Waals surface area contributed by atoms with Gasteiger partial charge in [0.2, 0.25) is 0 Å². The maximum absolute atomic E-state index is 12.3. The second-order valence-corrected chi connectivity index (χ2v) is 10.1. The van der Waals surface area contributed by atoms with Crippen LogP contribution in [0.25, 0.3) is 20.7 Å². The Bertz CT molecular complexity index is 1120. The largest absolute Gasteiger partial charge is 0.369 e. The van der Waals surface area contributed by atoms with Crippen LogP contribution < -0.4 is 15.1 Å². The summed E-state index contributed by atoms with van der Waals surface area (Å²) in [5.74, 6) is 0.968. The Balaban J connectivity index is 1.30. The summed E-state index contributed by atoms with van der Waals surface area (Å²) in [6.45, 7) is 10.1. The van der Waals surface area contributed by atoms with E-state index >= 15 is 0 Å². The van der Waals surface area contributed by atoms with Crippen molar-refractivity contribution in [2.45, 2.75) is 13.3 Å². The standard InChI is InChI=1S/C25H33N7OS/c1-3-8-26-25(33)32-15-13-31(14-16-32)23-21-17-22(34-24(21)28-18-27-23)19-4-6-20(7-5-19)30-11-9-29(2)10-12-30/h4-7,17-18H,3,8-16H2,1-2H3,(H,26,33). The predicted octanol–water partition coefficient (Wildman–Crippen LogP) is 3.35. The summed E-state index contributed by atoms with van der Waals surface area (Å²) < 4.78 is 0. The van der Waals surface area contributed by atoms with Crippen LogP contribution in [0.4, 0.5) is 16.3 Å². The average Bonchev–Trinajstić information content (AvgIpc) is 3.32. The number of benzene rings is 1. The van der Waals surface area contributed by atoms with Crippen molar-refractivity contribution in [3.05, 3.63) is 36.7 Å². The lowest BCUT2D eigenvalue weighted by molar-refractivity contribution is 0.194. The smallest absolute Gasteiger partial charge is 0.317 e. The van der Waals surface area contributed by atoms with Crippen molar-refractivity contribution in [3.8, 4) is 10.4 Å². The van der Waals surface area contributed by atoms with E-state index in [2.05, 4.69) is 74.3 Å². The number of rotatable bonds is 5. The molecule has 1 aromatic carbocycles. The Morgan fingerprint density at radius 1 is 0.971 bits per heavy atom. The lowest BCUT2D eigenvalue weighted by atomic mass is 10.1. The molecular weight excluding hydrogens is 446 g/mol. The van der Waals surface area contributed by atoms with Crippen molar-refractivity contribution >= 4 is 39.1 Å². The number of likely N-dealkylation sites (N-methyl/N-ethyl adjacent to an activating group) is 1. The highest BCUT2D eigenvalue weighted by atomic mass is 32.1. The fourth-order valence-electron chi connectivity index (χ4n) is 4.60. The second-order valence-electron chi connectivity index (χ2n) is 9.07. The molecule has 0 radical (unpaired) electrons. The predicted molar refractivity (Wildman–Crippen MR) is 140 cm³/mol. The highest BCUT2D eigenvalue weighted by molar-refractivity contribution is 7.21. The van der Waals surface area contributed by atoms with Gasteiger partial charge in [-0.15, -0.1) is 11.3 Å². The van der Waals surface area contributed by atoms with Crippen molar-refractivity contribution in [2.24, 2.45) is 0 Å². The van der Waals surface area contributed by atoms with Gasteiger partial charge in [-0.2, -0.15) is 0 Å². The van der Waals surface area contributed by atoms with Gasteiger partial charge in [0.05, 0.1) is 5.39 Å². The molecule has 0 unspecified atom stereocenters. The number of urea groups is 1. The maximum atomic E-state index is 12.3. The zero-order valence-corrected chi connectivity index (χ0v) is 20.9. The minimum Gasteiger partial charge on any atom is -0.369 e. The Morgan fingerprint density at radius 3 is 2.38 bits per heavy atom. The number of hydrogen-bond donors (Lipinski definition) is 1. The molecule has 8 nitrogen and oxygen atoms in total. The van der Waals surface area contributed by atoms with Crippen molar-refractivity contribution in [1.29, 1.82) is 0 Å². The Labute approximate surface area is 205 Å². The normalized spacial score (nSPS) is 17.4. The molecule has 2 aromatic heterocycles. The minimum atomic E-state index is 0.0344. The zero-order valence-electron chi connectivity index (χ0n) is 20.0. The molecule has 0 aliphatic carbocycles. The van der Waals surface area contributed by atoms with Crippen molar-refractivity contribution in [1.82, 2.24) is 25.1 Å². The van der Waals surface area contributed by atoms with Gasteiger partial charge in [0.15, 0.2) is 0 Å². The molecule has 2 fully saturated rings. The van der Waals surface area contributed by atoms with Crippen LogP contribution >= 0.6 is 11.3 Å². The Morgan fingerprint density at radius 2 is 1.68 bits per heavy atom. The van der Waals surface area contributed by atoms with Gasteiger partial charge in [0.25, 0.3) is 0 Å². The van der Waals surface area contributed by atoms with E-state index in [4.69, 9.17) is 0 Å². The number of nitrogens with one attached hydrogen (secondary N) is 1. The third-order valence-corrected chi connectivity index (χ3v) is 7.81. The van der Waals surface area contributed by atoms with E-state index < -0.39 is 0 Å². The Kier molecular flexibility index (Phi) is 6.82. The van der Waals surface area contributed by atoms with Gasteiger partial charge in [-0.1, -0.05) is 19.1 Å². The molecule has 4 heterocycles. The number of carbonyl (C=O) groups excluding carboxylic acids is 1. The molecule has 1 N–H and O–H groups in total. The minimum absolute atomic E-state index is 0.0344. The number of aromatic nitrogens is 2. The summed E-state index contributed by atoms with van der Waals surface area (Å²) in [4.78, 5) is 32.7. The summed E-state index contributed by atoms with van der Waals surface area (Å²) in [5, 5.41) is 4.07. The average molecular weight is 480 g/mol. The topological polar surface area (TPSA) is 67.8 Å². The summed E-state index contributed by atoms with van der Waals surface area (Å²) in [6, 6.07) is 11.2. The van der Waals surface area contributed by atoms with Gasteiger partial charge in [0, 0.05) is 69.5 Å². The van der Waals surface area contributed by atoms with Gasteiger partial charge in [-0.05, 0) is 37.2 Å². The number of anilines is 2. The first-order valence-electron chi connectivity index (χ1n) is 12.2. The van der Waals surface area contributed by atoms with E-state index in [0.29, 0.717) is 13.1 Å². The van der Waals surface area contributed by atoms with Gasteiger partial charge in [0.1, 0.15) is 17.0 Å². The first-order valence-corrected chi connectivity index (χ1v) is 13.0. The van der Waals surface area contributed by atoms with Gasteiger partial charge in [-0.25, -0.2) is 14.8 Å². The number of amides is 2. The maximum Gasteiger partial charge on any atom is 0.317 e. The van der Waals surface area contributed by atoms with E-state index in [1.165, 1.54) is 16.1 Å². The van der Waals surface area contributed by atoms with Crippen molar-refractivity contribution in [2.75, 3.05) is 75.8 Å². The fourth-order valence-corrected chi connectivity index (χ4v) is 5.60. The first kappa shape index (κ1) is 22.9. The molecule has 2 amide bonds. The molecule has 2 aliphatic heterocycles. The number of carbonyl (C=O) groups is 1. The molecule has 5 rings (SSSR count). The van der Waals surface area contributed by atoms with Crippen LogP contribution in [0.1, 0.15) is 13.3 Å². The highest BCUT2D eigenvalue weighted by Gasteiger charge is 2.24. The molecule has 2 aliphatic rings. The van der Waals surface area contributed by atoms with E-state index in [9.17, 15) is 4.79 Å². The summed E-state index contributed by atoms with van der Waals surface area (Å²) >= 11 is 1.71. The van der Waals surface area contributed by atoms with Gasteiger partial charge < -0.3 is 24.9 Å². The van der Waals surface area contributed by atoms with E-state index in [-0.39, 0.29) is 6.03 Å². The molecule has 34 heavy (non-hydrogen) atoms. The van der Waals surface area contributed by atoms with Crippen molar-refractivity contribution in [3.63, 3.8) is 0 Å². The van der Waals surface area contributed by atoms with Crippen molar-refractivity contribution < 1.29 is 4.79 Å². The first-order chi connectivity index (χ1) is 16.6. The van der Waals surface area contributed by atoms with Crippen LogP contribution in [-0.2, 0) is 0 Å². The SMILES string of the molecule is CCCNC(=O)N1CCN(c2ncnc3sc(-c4ccc(N5CCN(C)CC5)cc4)cc23)CC1. The number of thiophene rings is 1. The summed E-state index contributed by atoms with van der Waals surface area (Å²) in [5.41, 5.74) is 2.50. The fraction of sp³-hybridized carbons (Fsp3) is 0.480. The van der Waals surface area contributed by atoms with Gasteiger partial charge in [-0.3, -0.25) is 0 Å². The molecule has 2 saturated heterocycles. The molecule has 0 atom stereocenters. The third-order valence-electron chi connectivity index (χ3n) is 6.72. The van der Waals surface area contributed by atoms with Crippen LogP contribution in [0.3, 0.4) is 0 Å². The monoisotopic (exact) mass is 479 g/mol. The quantitative estimate of drug-likeness (QED) is 0.605. The van der Waals surface area contributed by atoms with E-state index in [1.807, 2.05) is 4.90 Å². The van der Waals surface area contributed by atoms with E-state index in [0.717, 1.165) is 68.3 Å². The molecular formula is C25H33N7OS. The van der Waals surface area contributed by atoms with Crippen LogP contribution in [-0.4, -0.2) is 91.7 Å². The summed E-state index contributed by atoms with van der Waals surface area (Å²) in [6.07, 6.45) is 2.61. The number of nitrogens with zero attached hydrogens (tertiary/aromatic N) is 6. The molecule has 0 spiro atoms. The number of piperazine rings is 2. The summed E-state index contributed by atoms with van der Waals surface area (Å²) in [7, 11) is 2.18. The van der Waals surface area contributed by atoms with Gasteiger partial charge >= 0.3 is 6.03 Å². The third kappa shape index (κ3) is 4.81. The molecule has 0 bridgehead atoms.